The lowest BCUT2D eigenvalue weighted by atomic mass is 9.88. The van der Waals surface area contributed by atoms with E-state index in [9.17, 15) is 0 Å². The van der Waals surface area contributed by atoms with E-state index in [1.165, 1.54) is 0 Å². The van der Waals surface area contributed by atoms with Crippen LogP contribution in [0.15, 0.2) is 23.8 Å². The fraction of sp³-hybridized carbons (Fsp3) is 0.545. The minimum absolute atomic E-state index is 0.191. The Morgan fingerprint density at radius 2 is 2.31 bits per heavy atom. The number of nitriles is 1. The smallest absolute Gasteiger partial charge is 0.0947 e. The Hall–Kier alpha value is -0.740. The van der Waals surface area contributed by atoms with Gasteiger partial charge in [-0.15, -0.1) is 11.6 Å². The Morgan fingerprint density at radius 3 is 3.08 bits per heavy atom. The first-order chi connectivity index (χ1) is 6.31. The van der Waals surface area contributed by atoms with Crippen LogP contribution in [0, 0.1) is 35.0 Å². The zero-order chi connectivity index (χ0) is 9.00. The first-order valence-electron chi connectivity index (χ1n) is 4.75. The molecule has 66 valence electrons. The molecule has 1 nitrogen and oxygen atoms in total. The van der Waals surface area contributed by atoms with Gasteiger partial charge in [0, 0.05) is 22.8 Å². The molecular formula is C11H10ClN. The lowest BCUT2D eigenvalue weighted by Crippen LogP contribution is -2.15. The number of hydrogen-bond acceptors (Lipinski definition) is 1. The summed E-state index contributed by atoms with van der Waals surface area (Å²) in [6.07, 6.45) is 7.70. The Labute approximate surface area is 82.7 Å². The van der Waals surface area contributed by atoms with E-state index < -0.39 is 0 Å². The summed E-state index contributed by atoms with van der Waals surface area (Å²) in [4.78, 5) is 0. The maximum atomic E-state index is 8.96. The number of allylic oxidation sites excluding steroid dienone is 4. The summed E-state index contributed by atoms with van der Waals surface area (Å²) in [6.45, 7) is 0. The third-order valence-electron chi connectivity index (χ3n) is 3.68. The van der Waals surface area contributed by atoms with Crippen molar-refractivity contribution in [2.45, 2.75) is 11.8 Å². The maximum absolute atomic E-state index is 8.96. The van der Waals surface area contributed by atoms with Crippen LogP contribution >= 0.6 is 11.6 Å². The summed E-state index contributed by atoms with van der Waals surface area (Å²) in [5.74, 6) is 2.11. The van der Waals surface area contributed by atoms with Gasteiger partial charge in [0.05, 0.1) is 6.07 Å². The van der Waals surface area contributed by atoms with Gasteiger partial charge in [0.1, 0.15) is 0 Å². The minimum Gasteiger partial charge on any atom is -0.193 e. The average Bonchev–Trinajstić information content (AvgIpc) is 2.70. The summed E-state index contributed by atoms with van der Waals surface area (Å²) in [5, 5.41) is 9.15. The molecule has 0 aliphatic heterocycles. The van der Waals surface area contributed by atoms with Crippen LogP contribution < -0.4 is 0 Å². The normalized spacial score (nSPS) is 50.5. The Bertz CT molecular complexity index is 350. The molecular weight excluding hydrogens is 182 g/mol. The van der Waals surface area contributed by atoms with Gasteiger partial charge in [-0.3, -0.25) is 0 Å². The van der Waals surface area contributed by atoms with Crippen LogP contribution in [-0.2, 0) is 0 Å². The lowest BCUT2D eigenvalue weighted by molar-refractivity contribution is 0.394. The Morgan fingerprint density at radius 1 is 1.46 bits per heavy atom. The molecule has 0 unspecified atom stereocenters. The van der Waals surface area contributed by atoms with Crippen LogP contribution in [0.2, 0.25) is 0 Å². The van der Waals surface area contributed by atoms with Gasteiger partial charge >= 0.3 is 0 Å². The van der Waals surface area contributed by atoms with Crippen molar-refractivity contribution in [1.82, 2.24) is 0 Å². The van der Waals surface area contributed by atoms with Gasteiger partial charge in [-0.1, -0.05) is 18.2 Å². The molecule has 3 aliphatic carbocycles. The van der Waals surface area contributed by atoms with Gasteiger partial charge < -0.3 is 0 Å². The van der Waals surface area contributed by atoms with Crippen molar-refractivity contribution in [3.05, 3.63) is 23.8 Å². The van der Waals surface area contributed by atoms with Crippen molar-refractivity contribution >= 4 is 11.6 Å². The largest absolute Gasteiger partial charge is 0.193 e. The maximum Gasteiger partial charge on any atom is 0.0947 e. The summed E-state index contributed by atoms with van der Waals surface area (Å²) < 4.78 is 0. The Balaban J connectivity index is 2.07. The van der Waals surface area contributed by atoms with E-state index in [-0.39, 0.29) is 5.38 Å². The molecule has 0 amide bonds. The predicted molar refractivity (Wildman–Crippen MR) is 51.1 cm³/mol. The average molecular weight is 192 g/mol. The second-order valence-electron chi connectivity index (χ2n) is 4.21. The number of nitrogens with zero attached hydrogens (tertiary/aromatic N) is 1. The highest BCUT2D eigenvalue weighted by molar-refractivity contribution is 6.21. The number of hydrogen-bond donors (Lipinski definition) is 0. The molecule has 2 heteroatoms. The van der Waals surface area contributed by atoms with Crippen molar-refractivity contribution in [2.24, 2.45) is 23.7 Å². The van der Waals surface area contributed by atoms with Crippen molar-refractivity contribution < 1.29 is 0 Å². The van der Waals surface area contributed by atoms with Gasteiger partial charge in [0.25, 0.3) is 0 Å². The predicted octanol–water partition coefficient (Wildman–Crippen LogP) is 2.50. The van der Waals surface area contributed by atoms with E-state index in [1.807, 2.05) is 0 Å². The fourth-order valence-electron chi connectivity index (χ4n) is 3.20. The highest BCUT2D eigenvalue weighted by Crippen LogP contribution is 2.56. The molecule has 0 aromatic carbocycles. The van der Waals surface area contributed by atoms with Gasteiger partial charge in [0.15, 0.2) is 0 Å². The van der Waals surface area contributed by atoms with Crippen LogP contribution in [0.4, 0.5) is 0 Å². The molecule has 3 aliphatic rings. The van der Waals surface area contributed by atoms with E-state index in [4.69, 9.17) is 16.9 Å². The van der Waals surface area contributed by atoms with Crippen molar-refractivity contribution in [3.8, 4) is 6.07 Å². The van der Waals surface area contributed by atoms with Crippen LogP contribution in [0.3, 0.4) is 0 Å². The lowest BCUT2D eigenvalue weighted by Gasteiger charge is -2.16. The molecule has 13 heavy (non-hydrogen) atoms. The van der Waals surface area contributed by atoms with Gasteiger partial charge in [0.2, 0.25) is 0 Å². The van der Waals surface area contributed by atoms with Crippen LogP contribution in [0.1, 0.15) is 6.42 Å². The molecule has 5 atom stereocenters. The van der Waals surface area contributed by atoms with E-state index in [1.54, 1.807) is 0 Å². The molecule has 0 N–H and O–H groups in total. The van der Waals surface area contributed by atoms with E-state index in [0.717, 1.165) is 12.0 Å². The van der Waals surface area contributed by atoms with Crippen LogP contribution in [0.5, 0.6) is 0 Å². The molecule has 0 radical (unpaired) electrons. The summed E-state index contributed by atoms with van der Waals surface area (Å²) in [6, 6.07) is 2.29. The monoisotopic (exact) mass is 191 g/mol. The van der Waals surface area contributed by atoms with E-state index >= 15 is 0 Å². The zero-order valence-corrected chi connectivity index (χ0v) is 7.91. The molecule has 3 rings (SSSR count). The third-order valence-corrected chi connectivity index (χ3v) is 4.13. The van der Waals surface area contributed by atoms with Crippen LogP contribution in [0.25, 0.3) is 0 Å². The molecule has 0 aromatic heterocycles. The second kappa shape index (κ2) is 2.39. The SMILES string of the molecule is N#CC1=C[C@@H]2C=C[C@@H]3C[C@H](Cl)[C@@H]1[C@H]23. The van der Waals surface area contributed by atoms with Gasteiger partial charge in [-0.2, -0.15) is 5.26 Å². The highest BCUT2D eigenvalue weighted by atomic mass is 35.5. The second-order valence-corrected chi connectivity index (χ2v) is 4.78. The number of alkyl halides is 1. The van der Waals surface area contributed by atoms with E-state index in [2.05, 4.69) is 24.3 Å². The number of halogens is 1. The summed E-state index contributed by atoms with van der Waals surface area (Å²) in [7, 11) is 0. The minimum atomic E-state index is 0.191. The molecule has 0 bridgehead atoms. The fourth-order valence-corrected chi connectivity index (χ4v) is 3.71. The molecule has 0 aromatic rings. The highest BCUT2D eigenvalue weighted by Gasteiger charge is 2.51. The summed E-state index contributed by atoms with van der Waals surface area (Å²) >= 11 is 6.25. The molecule has 0 heterocycles. The van der Waals surface area contributed by atoms with Crippen molar-refractivity contribution in [1.29, 1.82) is 5.26 Å². The Kier molecular flexibility index (Phi) is 1.41. The van der Waals surface area contributed by atoms with Gasteiger partial charge in [-0.25, -0.2) is 0 Å². The quantitative estimate of drug-likeness (QED) is 0.426. The molecule has 0 saturated heterocycles. The van der Waals surface area contributed by atoms with Gasteiger partial charge in [-0.05, 0) is 18.3 Å². The number of rotatable bonds is 0. The van der Waals surface area contributed by atoms with Crippen molar-refractivity contribution in [2.75, 3.05) is 0 Å². The topological polar surface area (TPSA) is 23.8 Å². The molecule has 1 fully saturated rings. The van der Waals surface area contributed by atoms with E-state index in [0.29, 0.717) is 23.7 Å². The standard InChI is InChI=1S/C11H10ClN/c12-9-4-7-2-1-6-3-8(5-13)11(9)10(6)7/h1-3,6-7,9-11H,4H2/t6-,7+,9-,10+,11+/m0/s1. The van der Waals surface area contributed by atoms with Crippen molar-refractivity contribution in [3.63, 3.8) is 0 Å². The van der Waals surface area contributed by atoms with Crippen LogP contribution in [-0.4, -0.2) is 5.38 Å². The third kappa shape index (κ3) is 0.823. The molecule has 0 spiro atoms. The zero-order valence-electron chi connectivity index (χ0n) is 7.15. The first kappa shape index (κ1) is 7.64. The first-order valence-corrected chi connectivity index (χ1v) is 5.19. The molecule has 1 saturated carbocycles. The summed E-state index contributed by atoms with van der Waals surface area (Å²) in [5.41, 5.74) is 0.932.